The topological polar surface area (TPSA) is 73.0 Å². The second-order valence-electron chi connectivity index (χ2n) is 4.22. The van der Waals surface area contributed by atoms with Crippen LogP contribution in [0.1, 0.15) is 5.56 Å². The Labute approximate surface area is 114 Å². The van der Waals surface area contributed by atoms with Gasteiger partial charge in [-0.3, -0.25) is 4.79 Å². The van der Waals surface area contributed by atoms with Crippen LogP contribution in [0.25, 0.3) is 11.0 Å². The first-order valence-corrected chi connectivity index (χ1v) is 6.14. The highest BCUT2D eigenvalue weighted by Crippen LogP contribution is 2.18. The summed E-state index contributed by atoms with van der Waals surface area (Å²) in [5, 5.41) is 0. The molecule has 0 aliphatic carbocycles. The van der Waals surface area contributed by atoms with Gasteiger partial charge < -0.3 is 20.0 Å². The third kappa shape index (κ3) is 2.99. The minimum absolute atomic E-state index is 0.122. The van der Waals surface area contributed by atoms with E-state index in [1.54, 1.807) is 17.6 Å². The van der Waals surface area contributed by atoms with E-state index < -0.39 is 5.91 Å². The van der Waals surface area contributed by atoms with Gasteiger partial charge in [0, 0.05) is 6.54 Å². The smallest absolute Gasteiger partial charge is 0.243 e. The Bertz CT molecular complexity index is 677. The number of nitrogens with one attached hydrogen (secondary N) is 1. The highest BCUT2D eigenvalue weighted by atomic mass is 32.1. The Morgan fingerprint density at radius 1 is 1.58 bits per heavy atom. The van der Waals surface area contributed by atoms with Gasteiger partial charge in [-0.2, -0.15) is 0 Å². The minimum Gasteiger partial charge on any atom is -0.370 e. The van der Waals surface area contributed by atoms with E-state index in [0.29, 0.717) is 29.0 Å². The lowest BCUT2D eigenvalue weighted by Crippen LogP contribution is -2.19. The SMILES string of the molecule is Cc1cc2c(cc1F)[nH]c(=S)n2CCOCC(N)=O. The molecule has 7 heteroatoms. The number of rotatable bonds is 5. The molecule has 1 heterocycles. The largest absolute Gasteiger partial charge is 0.370 e. The van der Waals surface area contributed by atoms with Crippen molar-refractivity contribution >= 4 is 29.2 Å². The number of hydrogen-bond acceptors (Lipinski definition) is 3. The van der Waals surface area contributed by atoms with E-state index in [9.17, 15) is 9.18 Å². The molecule has 0 unspecified atom stereocenters. The van der Waals surface area contributed by atoms with Crippen molar-refractivity contribution in [1.82, 2.24) is 9.55 Å². The monoisotopic (exact) mass is 283 g/mol. The highest BCUT2D eigenvalue weighted by Gasteiger charge is 2.08. The lowest BCUT2D eigenvalue weighted by molar-refractivity contribution is -0.122. The third-order valence-corrected chi connectivity index (χ3v) is 3.08. The molecular weight excluding hydrogens is 269 g/mol. The van der Waals surface area contributed by atoms with Gasteiger partial charge in [-0.15, -0.1) is 0 Å². The van der Waals surface area contributed by atoms with Crippen molar-refractivity contribution in [3.8, 4) is 0 Å². The van der Waals surface area contributed by atoms with Crippen LogP contribution < -0.4 is 5.73 Å². The number of primary amides is 1. The van der Waals surface area contributed by atoms with Crippen LogP contribution in [-0.2, 0) is 16.1 Å². The molecule has 0 atom stereocenters. The molecule has 1 amide bonds. The van der Waals surface area contributed by atoms with Crippen molar-refractivity contribution in [1.29, 1.82) is 0 Å². The molecule has 2 rings (SSSR count). The fourth-order valence-electron chi connectivity index (χ4n) is 1.83. The summed E-state index contributed by atoms with van der Waals surface area (Å²) < 4.78 is 20.8. The highest BCUT2D eigenvalue weighted by molar-refractivity contribution is 7.71. The second kappa shape index (κ2) is 5.50. The maximum Gasteiger partial charge on any atom is 0.243 e. The molecule has 0 aliphatic heterocycles. The van der Waals surface area contributed by atoms with Gasteiger partial charge in [0.1, 0.15) is 12.4 Å². The molecular formula is C12H14FN3O2S. The van der Waals surface area contributed by atoms with Crippen LogP contribution in [0.4, 0.5) is 4.39 Å². The molecule has 0 aliphatic rings. The molecule has 1 aromatic carbocycles. The van der Waals surface area contributed by atoms with Crippen LogP contribution in [0.15, 0.2) is 12.1 Å². The maximum atomic E-state index is 13.4. The zero-order valence-corrected chi connectivity index (χ0v) is 11.2. The van der Waals surface area contributed by atoms with Crippen LogP contribution in [0.5, 0.6) is 0 Å². The Morgan fingerprint density at radius 3 is 3.00 bits per heavy atom. The average Bonchev–Trinajstić information content (AvgIpc) is 2.61. The fourth-order valence-corrected chi connectivity index (χ4v) is 2.13. The Kier molecular flexibility index (Phi) is 3.96. The van der Waals surface area contributed by atoms with E-state index >= 15 is 0 Å². The van der Waals surface area contributed by atoms with Gasteiger partial charge >= 0.3 is 0 Å². The van der Waals surface area contributed by atoms with Crippen molar-refractivity contribution in [2.45, 2.75) is 13.5 Å². The lowest BCUT2D eigenvalue weighted by atomic mass is 10.2. The molecule has 3 N–H and O–H groups in total. The van der Waals surface area contributed by atoms with E-state index in [1.807, 2.05) is 0 Å². The van der Waals surface area contributed by atoms with Crippen molar-refractivity contribution < 1.29 is 13.9 Å². The summed E-state index contributed by atoms with van der Waals surface area (Å²) in [6.07, 6.45) is 0. The van der Waals surface area contributed by atoms with Gasteiger partial charge in [-0.25, -0.2) is 4.39 Å². The standard InChI is InChI=1S/C12H14FN3O2S/c1-7-4-10-9(5-8(7)13)15-12(19)16(10)2-3-18-6-11(14)17/h4-5H,2-3,6H2,1H3,(H2,14,17)(H,15,19). The number of carbonyl (C=O) groups excluding carboxylic acids is 1. The van der Waals surface area contributed by atoms with Gasteiger partial charge in [0.15, 0.2) is 4.77 Å². The van der Waals surface area contributed by atoms with Crippen LogP contribution >= 0.6 is 12.2 Å². The molecule has 19 heavy (non-hydrogen) atoms. The molecule has 0 bridgehead atoms. The van der Waals surface area contributed by atoms with Crippen molar-refractivity contribution in [3.05, 3.63) is 28.3 Å². The first-order chi connectivity index (χ1) is 8.99. The number of nitrogens with zero attached hydrogens (tertiary/aromatic N) is 1. The zero-order chi connectivity index (χ0) is 14.0. The molecule has 0 spiro atoms. The van der Waals surface area contributed by atoms with Gasteiger partial charge in [0.2, 0.25) is 5.91 Å². The van der Waals surface area contributed by atoms with Crippen molar-refractivity contribution in [2.75, 3.05) is 13.2 Å². The number of H-pyrrole nitrogens is 1. The van der Waals surface area contributed by atoms with Gasteiger partial charge in [-0.05, 0) is 36.8 Å². The predicted octanol–water partition coefficient (Wildman–Crippen LogP) is 1.65. The summed E-state index contributed by atoms with van der Waals surface area (Å²) in [6, 6.07) is 3.15. The van der Waals surface area contributed by atoms with Gasteiger partial charge in [0.25, 0.3) is 0 Å². The number of imidazole rings is 1. The summed E-state index contributed by atoms with van der Waals surface area (Å²) >= 11 is 5.18. The van der Waals surface area contributed by atoms with Crippen LogP contribution in [0.3, 0.4) is 0 Å². The van der Waals surface area contributed by atoms with E-state index in [-0.39, 0.29) is 12.4 Å². The van der Waals surface area contributed by atoms with Gasteiger partial charge in [-0.1, -0.05) is 0 Å². The molecule has 2 aromatic rings. The summed E-state index contributed by atoms with van der Waals surface area (Å²) in [5.74, 6) is -0.790. The number of halogens is 1. The molecule has 0 saturated heterocycles. The Balaban J connectivity index is 2.23. The molecule has 0 radical (unpaired) electrons. The zero-order valence-electron chi connectivity index (χ0n) is 10.4. The maximum absolute atomic E-state index is 13.4. The number of benzene rings is 1. The number of amides is 1. The fraction of sp³-hybridized carbons (Fsp3) is 0.333. The summed E-state index contributed by atoms with van der Waals surface area (Å²) in [7, 11) is 0. The van der Waals surface area contributed by atoms with E-state index in [2.05, 4.69) is 4.98 Å². The molecule has 0 fully saturated rings. The lowest BCUT2D eigenvalue weighted by Gasteiger charge is -2.05. The quantitative estimate of drug-likeness (QED) is 0.647. The van der Waals surface area contributed by atoms with Crippen LogP contribution in [-0.4, -0.2) is 28.7 Å². The van der Waals surface area contributed by atoms with Crippen molar-refractivity contribution in [3.63, 3.8) is 0 Å². The van der Waals surface area contributed by atoms with E-state index in [4.69, 9.17) is 22.7 Å². The third-order valence-electron chi connectivity index (χ3n) is 2.76. The molecule has 0 saturated carbocycles. The first-order valence-electron chi connectivity index (χ1n) is 5.73. The van der Waals surface area contributed by atoms with Crippen LogP contribution in [0.2, 0.25) is 0 Å². The summed E-state index contributed by atoms with van der Waals surface area (Å²) in [5.41, 5.74) is 6.97. The number of ether oxygens (including phenoxy) is 1. The number of fused-ring (bicyclic) bond motifs is 1. The normalized spacial score (nSPS) is 11.1. The Hall–Kier alpha value is -1.73. The number of hydrogen-bond donors (Lipinski definition) is 2. The summed E-state index contributed by atoms with van der Waals surface area (Å²) in [6.45, 7) is 2.35. The minimum atomic E-state index is -0.513. The number of aromatic nitrogens is 2. The molecule has 102 valence electrons. The Morgan fingerprint density at radius 2 is 2.32 bits per heavy atom. The predicted molar refractivity (Wildman–Crippen MR) is 71.8 cm³/mol. The number of aromatic amines is 1. The van der Waals surface area contributed by atoms with Gasteiger partial charge in [0.05, 0.1) is 17.6 Å². The van der Waals surface area contributed by atoms with E-state index in [0.717, 1.165) is 5.52 Å². The molecule has 1 aromatic heterocycles. The van der Waals surface area contributed by atoms with Crippen molar-refractivity contribution in [2.24, 2.45) is 5.73 Å². The second-order valence-corrected chi connectivity index (χ2v) is 4.61. The number of aryl methyl sites for hydroxylation is 1. The average molecular weight is 283 g/mol. The number of carbonyl (C=O) groups is 1. The first kappa shape index (κ1) is 13.7. The number of nitrogens with two attached hydrogens (primary N) is 1. The molecule has 5 nitrogen and oxygen atoms in total. The van der Waals surface area contributed by atoms with E-state index in [1.165, 1.54) is 6.07 Å². The summed E-state index contributed by atoms with van der Waals surface area (Å²) in [4.78, 5) is 13.5. The van der Waals surface area contributed by atoms with Crippen LogP contribution in [0, 0.1) is 17.5 Å².